The normalized spacial score (nSPS) is 22.3. The Kier molecular flexibility index (Phi) is 4.49. The maximum absolute atomic E-state index is 12.4. The lowest BCUT2D eigenvalue weighted by Gasteiger charge is -2.37. The quantitative estimate of drug-likeness (QED) is 0.765. The smallest absolute Gasteiger partial charge is 0.191 e. The summed E-state index contributed by atoms with van der Waals surface area (Å²) in [7, 11) is 1.55. The van der Waals surface area contributed by atoms with Gasteiger partial charge in [0, 0.05) is 18.6 Å². The molecule has 0 heterocycles. The van der Waals surface area contributed by atoms with Crippen molar-refractivity contribution >= 4 is 5.78 Å². The van der Waals surface area contributed by atoms with Crippen molar-refractivity contribution < 1.29 is 24.9 Å². The number of hydrogen-bond donors (Lipinski definition) is 3. The van der Waals surface area contributed by atoms with Crippen molar-refractivity contribution in [2.75, 3.05) is 7.11 Å². The van der Waals surface area contributed by atoms with Gasteiger partial charge in [-0.3, -0.25) is 4.79 Å². The van der Waals surface area contributed by atoms with Crippen molar-refractivity contribution in [3.05, 3.63) is 34.4 Å². The van der Waals surface area contributed by atoms with E-state index in [4.69, 9.17) is 4.74 Å². The molecular weight excluding hydrogens is 272 g/mol. The molecule has 0 bridgehead atoms. The molecule has 116 valence electrons. The van der Waals surface area contributed by atoms with Crippen LogP contribution in [0.4, 0.5) is 0 Å². The first-order chi connectivity index (χ1) is 9.79. The maximum atomic E-state index is 12.4. The van der Waals surface area contributed by atoms with Crippen LogP contribution in [0.3, 0.4) is 0 Å². The Bertz CT molecular complexity index is 544. The Balaban J connectivity index is 2.53. The van der Waals surface area contributed by atoms with Gasteiger partial charge in [0.25, 0.3) is 0 Å². The number of hydrogen-bond acceptors (Lipinski definition) is 5. The van der Waals surface area contributed by atoms with Crippen LogP contribution in [-0.4, -0.2) is 39.9 Å². The van der Waals surface area contributed by atoms with E-state index in [0.717, 1.165) is 5.56 Å². The first-order valence-corrected chi connectivity index (χ1v) is 6.98. The zero-order chi connectivity index (χ0) is 15.8. The first-order valence-electron chi connectivity index (χ1n) is 6.98. The van der Waals surface area contributed by atoms with Crippen LogP contribution in [0, 0.1) is 5.92 Å². The summed E-state index contributed by atoms with van der Waals surface area (Å²) in [5.41, 5.74) is 1.38. The number of ether oxygens (including phenoxy) is 1. The number of Topliss-reactive ketones (excluding diaryl/α,β-unsaturated/α-hetero) is 1. The summed E-state index contributed by atoms with van der Waals surface area (Å²) in [5, 5.41) is 29.9. The molecular formula is C16H22O5. The van der Waals surface area contributed by atoms with E-state index in [2.05, 4.69) is 0 Å². The van der Waals surface area contributed by atoms with Gasteiger partial charge in [0.05, 0.1) is 18.8 Å². The van der Waals surface area contributed by atoms with Gasteiger partial charge in [0.2, 0.25) is 0 Å². The predicted octanol–water partition coefficient (Wildman–Crippen LogP) is 0.812. The summed E-state index contributed by atoms with van der Waals surface area (Å²) >= 11 is 0. The largest absolute Gasteiger partial charge is 0.392 e. The number of fused-ring (bicyclic) bond motifs is 1. The lowest BCUT2D eigenvalue weighted by Crippen LogP contribution is -2.47. The predicted molar refractivity (Wildman–Crippen MR) is 76.9 cm³/mol. The minimum atomic E-state index is -1.23. The minimum Gasteiger partial charge on any atom is -0.392 e. The summed E-state index contributed by atoms with van der Waals surface area (Å²) in [4.78, 5) is 12.4. The average Bonchev–Trinajstić information content (AvgIpc) is 2.41. The zero-order valence-electron chi connectivity index (χ0n) is 12.6. The van der Waals surface area contributed by atoms with Crippen molar-refractivity contribution in [1.29, 1.82) is 0 Å². The lowest BCUT2D eigenvalue weighted by molar-refractivity contribution is -0.0398. The average molecular weight is 294 g/mol. The second-order valence-corrected chi connectivity index (χ2v) is 6.15. The second kappa shape index (κ2) is 5.85. The minimum absolute atomic E-state index is 0.193. The number of carbonyl (C=O) groups is 1. The number of carbonyl (C=O) groups excluding carboxylic acids is 1. The molecule has 0 saturated heterocycles. The molecule has 1 aromatic carbocycles. The molecule has 5 nitrogen and oxygen atoms in total. The third-order valence-electron chi connectivity index (χ3n) is 4.13. The molecule has 1 aromatic rings. The summed E-state index contributed by atoms with van der Waals surface area (Å²) in [6.07, 6.45) is -0.878. The van der Waals surface area contributed by atoms with E-state index in [1.807, 2.05) is 0 Å². The molecule has 1 aliphatic carbocycles. The van der Waals surface area contributed by atoms with Gasteiger partial charge in [-0.15, -0.1) is 0 Å². The maximum Gasteiger partial charge on any atom is 0.191 e. The Labute approximate surface area is 124 Å². The molecule has 1 aliphatic rings. The van der Waals surface area contributed by atoms with E-state index in [1.54, 1.807) is 33.1 Å². The third-order valence-corrected chi connectivity index (χ3v) is 4.13. The molecule has 2 unspecified atom stereocenters. The fourth-order valence-electron chi connectivity index (χ4n) is 2.96. The van der Waals surface area contributed by atoms with Gasteiger partial charge >= 0.3 is 0 Å². The molecule has 0 aromatic heterocycles. The van der Waals surface area contributed by atoms with Crippen LogP contribution in [-0.2, 0) is 24.4 Å². The van der Waals surface area contributed by atoms with Gasteiger partial charge in [-0.05, 0) is 43.0 Å². The van der Waals surface area contributed by atoms with Crippen LogP contribution in [0.5, 0.6) is 0 Å². The van der Waals surface area contributed by atoms with E-state index >= 15 is 0 Å². The number of benzene rings is 1. The Morgan fingerprint density at radius 2 is 2.05 bits per heavy atom. The van der Waals surface area contributed by atoms with Crippen molar-refractivity contribution in [2.24, 2.45) is 5.92 Å². The molecule has 0 spiro atoms. The zero-order valence-corrected chi connectivity index (χ0v) is 12.6. The number of rotatable bonds is 4. The highest BCUT2D eigenvalue weighted by molar-refractivity contribution is 6.02. The van der Waals surface area contributed by atoms with Gasteiger partial charge in [0.15, 0.2) is 5.78 Å². The van der Waals surface area contributed by atoms with Crippen LogP contribution in [0.2, 0.25) is 0 Å². The topological polar surface area (TPSA) is 87.0 Å². The molecule has 0 radical (unpaired) electrons. The Morgan fingerprint density at radius 1 is 1.38 bits per heavy atom. The van der Waals surface area contributed by atoms with Gasteiger partial charge < -0.3 is 20.1 Å². The summed E-state index contributed by atoms with van der Waals surface area (Å²) in [6, 6.07) is 3.50. The van der Waals surface area contributed by atoms with Crippen molar-refractivity contribution in [1.82, 2.24) is 0 Å². The fourth-order valence-corrected chi connectivity index (χ4v) is 2.96. The molecule has 0 fully saturated rings. The number of ketones is 1. The monoisotopic (exact) mass is 294 g/mol. The molecule has 5 heteroatoms. The molecule has 0 aliphatic heterocycles. The van der Waals surface area contributed by atoms with Gasteiger partial charge in [-0.2, -0.15) is 0 Å². The van der Waals surface area contributed by atoms with E-state index in [0.29, 0.717) is 29.7 Å². The SMILES string of the molecule is COCc1cc(CO)c2c(c1)C(=O)C(O)C(C(C)(C)O)C2. The van der Waals surface area contributed by atoms with Crippen LogP contribution in [0.1, 0.15) is 40.9 Å². The van der Waals surface area contributed by atoms with E-state index < -0.39 is 23.4 Å². The van der Waals surface area contributed by atoms with Gasteiger partial charge in [-0.1, -0.05) is 6.07 Å². The molecule has 0 saturated carbocycles. The Hall–Kier alpha value is -1.27. The van der Waals surface area contributed by atoms with Crippen LogP contribution < -0.4 is 0 Å². The summed E-state index contributed by atoms with van der Waals surface area (Å²) in [5.74, 6) is -0.993. The molecule has 0 amide bonds. The summed E-state index contributed by atoms with van der Waals surface area (Å²) < 4.78 is 5.06. The fraction of sp³-hybridized carbons (Fsp3) is 0.562. The standard InChI is InChI=1S/C16H22O5/c1-16(2,20)13-6-11-10(7-17)4-9(8-21-3)5-12(11)14(18)15(13)19/h4-5,13,15,17,19-20H,6-8H2,1-3H3. The van der Waals surface area contributed by atoms with Crippen molar-refractivity contribution in [3.63, 3.8) is 0 Å². The van der Waals surface area contributed by atoms with Gasteiger partial charge in [0.1, 0.15) is 6.10 Å². The van der Waals surface area contributed by atoms with Crippen molar-refractivity contribution in [3.8, 4) is 0 Å². The number of aliphatic hydroxyl groups excluding tert-OH is 2. The molecule has 2 rings (SSSR count). The highest BCUT2D eigenvalue weighted by atomic mass is 16.5. The van der Waals surface area contributed by atoms with Gasteiger partial charge in [-0.25, -0.2) is 0 Å². The van der Waals surface area contributed by atoms with Crippen molar-refractivity contribution in [2.45, 2.75) is 45.2 Å². The molecule has 3 N–H and O–H groups in total. The number of methoxy groups -OCH3 is 1. The second-order valence-electron chi connectivity index (χ2n) is 6.15. The van der Waals surface area contributed by atoms with Crippen LogP contribution >= 0.6 is 0 Å². The first kappa shape index (κ1) is 16.1. The summed E-state index contributed by atoms with van der Waals surface area (Å²) in [6.45, 7) is 3.30. The van der Waals surface area contributed by atoms with E-state index in [9.17, 15) is 20.1 Å². The van der Waals surface area contributed by atoms with E-state index in [1.165, 1.54) is 0 Å². The number of aliphatic hydroxyl groups is 3. The molecule has 21 heavy (non-hydrogen) atoms. The highest BCUT2D eigenvalue weighted by Crippen LogP contribution is 2.35. The third kappa shape index (κ3) is 3.01. The van der Waals surface area contributed by atoms with E-state index in [-0.39, 0.29) is 6.61 Å². The lowest BCUT2D eigenvalue weighted by atomic mass is 9.72. The highest BCUT2D eigenvalue weighted by Gasteiger charge is 2.42. The van der Waals surface area contributed by atoms with Crippen LogP contribution in [0.15, 0.2) is 12.1 Å². The van der Waals surface area contributed by atoms with Crippen LogP contribution in [0.25, 0.3) is 0 Å². The molecule has 2 atom stereocenters. The Morgan fingerprint density at radius 3 is 2.57 bits per heavy atom.